The number of aldehydes is 1. The van der Waals surface area contributed by atoms with Crippen molar-refractivity contribution in [2.75, 3.05) is 7.05 Å². The first-order valence-corrected chi connectivity index (χ1v) is 3.73. The van der Waals surface area contributed by atoms with Crippen LogP contribution >= 0.6 is 0 Å². The summed E-state index contributed by atoms with van der Waals surface area (Å²) in [6, 6.07) is 0. The average molecular weight is 328 g/mol. The first kappa shape index (κ1) is 13.9. The Bertz CT molecular complexity index is 100. The van der Waals surface area contributed by atoms with Crippen LogP contribution in [-0.2, 0) is 25.2 Å². The van der Waals surface area contributed by atoms with Crippen molar-refractivity contribution in [1.29, 1.82) is 0 Å². The molecule has 1 aliphatic carbocycles. The standard InChI is InChI=1S/C7H12O.CH4N.Re/c1-7(6-8)4-2-3-5-7;1-2;/h6H,2-5H2,1H3;2H,1H3;/q;-1;. The second kappa shape index (κ2) is 6.97. The van der Waals surface area contributed by atoms with Crippen LogP contribution in [0.1, 0.15) is 32.6 Å². The van der Waals surface area contributed by atoms with Gasteiger partial charge in [-0.25, -0.2) is 0 Å². The van der Waals surface area contributed by atoms with Crippen LogP contribution in [0.5, 0.6) is 0 Å². The molecular weight excluding hydrogens is 312 g/mol. The number of carbonyl (C=O) groups is 1. The van der Waals surface area contributed by atoms with Crippen molar-refractivity contribution >= 4 is 6.29 Å². The molecule has 1 fully saturated rings. The minimum Gasteiger partial charge on any atom is -0.680 e. The summed E-state index contributed by atoms with van der Waals surface area (Å²) in [5, 5.41) is 0. The Labute approximate surface area is 82.6 Å². The molecule has 67 valence electrons. The van der Waals surface area contributed by atoms with E-state index in [2.05, 4.69) is 0 Å². The van der Waals surface area contributed by atoms with Gasteiger partial charge in [-0.1, -0.05) is 19.8 Å². The smallest absolute Gasteiger partial charge is 0.125 e. The van der Waals surface area contributed by atoms with Gasteiger partial charge < -0.3 is 10.5 Å². The van der Waals surface area contributed by atoms with Gasteiger partial charge in [0, 0.05) is 25.8 Å². The van der Waals surface area contributed by atoms with E-state index in [-0.39, 0.29) is 25.8 Å². The van der Waals surface area contributed by atoms with Gasteiger partial charge in [-0.05, 0) is 12.8 Å². The molecule has 1 N–H and O–H groups in total. The van der Waals surface area contributed by atoms with E-state index in [0.717, 1.165) is 19.1 Å². The molecule has 0 unspecified atom stereocenters. The zero-order chi connectivity index (χ0) is 8.04. The van der Waals surface area contributed by atoms with Crippen molar-refractivity contribution in [2.24, 2.45) is 5.41 Å². The largest absolute Gasteiger partial charge is 0.680 e. The number of nitrogens with one attached hydrogen (secondary N) is 1. The summed E-state index contributed by atoms with van der Waals surface area (Å²) >= 11 is 0. The first-order valence-electron chi connectivity index (χ1n) is 3.73. The van der Waals surface area contributed by atoms with E-state index in [1.807, 2.05) is 6.92 Å². The predicted molar refractivity (Wildman–Crippen MR) is 42.9 cm³/mol. The fourth-order valence-corrected chi connectivity index (χ4v) is 1.30. The molecule has 0 aromatic heterocycles. The Morgan fingerprint density at radius 1 is 1.27 bits per heavy atom. The summed E-state index contributed by atoms with van der Waals surface area (Å²) in [5.74, 6) is 0. The molecular formula is C8H16NORe-. The average Bonchev–Trinajstić information content (AvgIpc) is 2.42. The molecule has 11 heavy (non-hydrogen) atoms. The topological polar surface area (TPSA) is 40.9 Å². The summed E-state index contributed by atoms with van der Waals surface area (Å²) in [7, 11) is 1.25. The Hall–Kier alpha value is 0.292. The molecule has 0 aliphatic heterocycles. The minimum absolute atomic E-state index is 0. The molecule has 0 saturated heterocycles. The van der Waals surface area contributed by atoms with Crippen LogP contribution in [0.25, 0.3) is 5.73 Å². The quantitative estimate of drug-likeness (QED) is 0.682. The van der Waals surface area contributed by atoms with Gasteiger partial charge in [0.1, 0.15) is 6.29 Å². The van der Waals surface area contributed by atoms with Gasteiger partial charge in [0.05, 0.1) is 0 Å². The van der Waals surface area contributed by atoms with Crippen LogP contribution in [0.2, 0.25) is 0 Å². The Balaban J connectivity index is 0. The zero-order valence-corrected chi connectivity index (χ0v) is 9.91. The van der Waals surface area contributed by atoms with Crippen molar-refractivity contribution in [1.82, 2.24) is 0 Å². The molecule has 2 nitrogen and oxygen atoms in total. The Morgan fingerprint density at radius 3 is 1.82 bits per heavy atom. The molecule has 0 aromatic carbocycles. The third kappa shape index (κ3) is 4.68. The molecule has 0 spiro atoms. The van der Waals surface area contributed by atoms with Crippen molar-refractivity contribution < 1.29 is 25.2 Å². The van der Waals surface area contributed by atoms with E-state index in [1.165, 1.54) is 19.9 Å². The van der Waals surface area contributed by atoms with E-state index in [4.69, 9.17) is 5.73 Å². The Kier molecular flexibility index (Phi) is 8.78. The van der Waals surface area contributed by atoms with E-state index < -0.39 is 0 Å². The van der Waals surface area contributed by atoms with Crippen molar-refractivity contribution in [3.05, 3.63) is 5.73 Å². The number of carbonyl (C=O) groups excluding carboxylic acids is 1. The zero-order valence-electron chi connectivity index (χ0n) is 7.19. The number of rotatable bonds is 1. The second-order valence-corrected chi connectivity index (χ2v) is 2.98. The van der Waals surface area contributed by atoms with Crippen LogP contribution in [0, 0.1) is 5.41 Å². The van der Waals surface area contributed by atoms with Gasteiger partial charge >= 0.3 is 0 Å². The summed E-state index contributed by atoms with van der Waals surface area (Å²) in [6.07, 6.45) is 5.82. The second-order valence-electron chi connectivity index (χ2n) is 2.98. The summed E-state index contributed by atoms with van der Waals surface area (Å²) in [4.78, 5) is 10.3. The number of hydrogen-bond acceptors (Lipinski definition) is 1. The van der Waals surface area contributed by atoms with Crippen LogP contribution < -0.4 is 0 Å². The molecule has 0 atom stereocenters. The molecule has 0 amide bonds. The van der Waals surface area contributed by atoms with Crippen molar-refractivity contribution in [3.8, 4) is 0 Å². The SMILES string of the molecule is CC1(C=O)CCCC1.C[NH-].[Re]. The molecule has 0 bridgehead atoms. The molecule has 0 aromatic rings. The molecule has 3 heteroatoms. The van der Waals surface area contributed by atoms with E-state index in [0.29, 0.717) is 0 Å². The van der Waals surface area contributed by atoms with Gasteiger partial charge in [0.2, 0.25) is 0 Å². The molecule has 1 radical (unpaired) electrons. The maximum atomic E-state index is 10.3. The molecule has 1 rings (SSSR count). The normalized spacial score (nSPS) is 19.2. The predicted octanol–water partition coefficient (Wildman–Crippen LogP) is 2.43. The van der Waals surface area contributed by atoms with Crippen molar-refractivity contribution in [3.63, 3.8) is 0 Å². The maximum absolute atomic E-state index is 10.3. The van der Waals surface area contributed by atoms with Crippen LogP contribution in [0.15, 0.2) is 0 Å². The van der Waals surface area contributed by atoms with Crippen molar-refractivity contribution in [2.45, 2.75) is 32.6 Å². The number of hydrogen-bond donors (Lipinski definition) is 0. The van der Waals surface area contributed by atoms with Crippen LogP contribution in [-0.4, -0.2) is 13.3 Å². The Morgan fingerprint density at radius 2 is 1.64 bits per heavy atom. The maximum Gasteiger partial charge on any atom is 0.125 e. The first-order chi connectivity index (χ1) is 4.77. The van der Waals surface area contributed by atoms with Gasteiger partial charge in [-0.15, -0.1) is 0 Å². The summed E-state index contributed by atoms with van der Waals surface area (Å²) in [6.45, 7) is 2.05. The van der Waals surface area contributed by atoms with Crippen LogP contribution in [0.3, 0.4) is 0 Å². The fourth-order valence-electron chi connectivity index (χ4n) is 1.30. The third-order valence-electron chi connectivity index (χ3n) is 2.03. The van der Waals surface area contributed by atoms with Gasteiger partial charge in [-0.3, -0.25) is 0 Å². The molecule has 0 heterocycles. The van der Waals surface area contributed by atoms with E-state index >= 15 is 0 Å². The van der Waals surface area contributed by atoms with Gasteiger partial charge in [0.25, 0.3) is 0 Å². The minimum atomic E-state index is 0. The summed E-state index contributed by atoms with van der Waals surface area (Å²) in [5.41, 5.74) is 5.81. The van der Waals surface area contributed by atoms with Gasteiger partial charge in [0.15, 0.2) is 0 Å². The fraction of sp³-hybridized carbons (Fsp3) is 0.875. The van der Waals surface area contributed by atoms with Gasteiger partial charge in [-0.2, -0.15) is 7.05 Å². The summed E-state index contributed by atoms with van der Waals surface area (Å²) < 4.78 is 0. The van der Waals surface area contributed by atoms with E-state index in [1.54, 1.807) is 0 Å². The monoisotopic (exact) mass is 329 g/mol. The molecule has 1 aliphatic rings. The molecule has 1 saturated carbocycles. The third-order valence-corrected chi connectivity index (χ3v) is 2.03. The van der Waals surface area contributed by atoms with E-state index in [9.17, 15) is 4.79 Å². The van der Waals surface area contributed by atoms with Crippen LogP contribution in [0.4, 0.5) is 0 Å².